The first kappa shape index (κ1) is 22.4. The lowest BCUT2D eigenvalue weighted by Gasteiger charge is -2.19. The van der Waals surface area contributed by atoms with Crippen molar-refractivity contribution in [2.45, 2.75) is 39.0 Å². The van der Waals surface area contributed by atoms with Crippen molar-refractivity contribution in [1.29, 1.82) is 0 Å². The molecule has 0 bridgehead atoms. The van der Waals surface area contributed by atoms with Gasteiger partial charge in [-0.2, -0.15) is 0 Å². The standard InChI is InChI=1S/C27H31NO3/c1-27(2,3)22-14-16-24(17-15-22)31-20-26(29)28-23-12-7-13-25(19-23)30-18-8-11-21-9-5-4-6-10-21/h4-7,9-10,12-17,19H,8,11,18,20H2,1-3H3,(H,28,29). The van der Waals surface area contributed by atoms with Crippen LogP contribution in [0.4, 0.5) is 5.69 Å². The highest BCUT2D eigenvalue weighted by molar-refractivity contribution is 5.92. The number of carbonyl (C=O) groups is 1. The molecule has 1 amide bonds. The van der Waals surface area contributed by atoms with Crippen LogP contribution < -0.4 is 14.8 Å². The van der Waals surface area contributed by atoms with E-state index in [1.807, 2.05) is 66.7 Å². The maximum atomic E-state index is 12.3. The van der Waals surface area contributed by atoms with Crippen molar-refractivity contribution in [2.24, 2.45) is 0 Å². The second kappa shape index (κ2) is 10.7. The summed E-state index contributed by atoms with van der Waals surface area (Å²) in [4.78, 5) is 12.3. The molecular formula is C27H31NO3. The van der Waals surface area contributed by atoms with Gasteiger partial charge in [-0.05, 0) is 53.6 Å². The molecule has 0 aromatic heterocycles. The molecule has 3 aromatic carbocycles. The second-order valence-electron chi connectivity index (χ2n) is 8.58. The lowest BCUT2D eigenvalue weighted by Crippen LogP contribution is -2.20. The minimum Gasteiger partial charge on any atom is -0.494 e. The fourth-order valence-electron chi connectivity index (χ4n) is 3.17. The van der Waals surface area contributed by atoms with Crippen LogP contribution in [0.15, 0.2) is 78.9 Å². The Morgan fingerprint density at radius 3 is 2.29 bits per heavy atom. The minimum atomic E-state index is -0.207. The normalized spacial score (nSPS) is 11.1. The molecule has 4 heteroatoms. The molecule has 3 aromatic rings. The van der Waals surface area contributed by atoms with Gasteiger partial charge in [-0.25, -0.2) is 0 Å². The Bertz CT molecular complexity index is 960. The van der Waals surface area contributed by atoms with Crippen molar-refractivity contribution in [3.63, 3.8) is 0 Å². The third-order valence-electron chi connectivity index (χ3n) is 4.93. The summed E-state index contributed by atoms with van der Waals surface area (Å²) in [6, 6.07) is 25.7. The molecule has 0 spiro atoms. The number of hydrogen-bond donors (Lipinski definition) is 1. The molecule has 3 rings (SSSR count). The molecule has 0 unspecified atom stereocenters. The van der Waals surface area contributed by atoms with Gasteiger partial charge in [0, 0.05) is 11.8 Å². The van der Waals surface area contributed by atoms with E-state index < -0.39 is 0 Å². The van der Waals surface area contributed by atoms with Gasteiger partial charge in [-0.3, -0.25) is 4.79 Å². The van der Waals surface area contributed by atoms with Crippen LogP contribution in [0.2, 0.25) is 0 Å². The number of benzene rings is 3. The predicted molar refractivity (Wildman–Crippen MR) is 126 cm³/mol. The molecule has 31 heavy (non-hydrogen) atoms. The molecule has 0 heterocycles. The van der Waals surface area contributed by atoms with Gasteiger partial charge in [0.25, 0.3) is 5.91 Å². The molecule has 0 radical (unpaired) electrons. The van der Waals surface area contributed by atoms with E-state index >= 15 is 0 Å². The Hall–Kier alpha value is -3.27. The Kier molecular flexibility index (Phi) is 7.71. The second-order valence-corrected chi connectivity index (χ2v) is 8.58. The van der Waals surface area contributed by atoms with Crippen molar-refractivity contribution < 1.29 is 14.3 Å². The van der Waals surface area contributed by atoms with E-state index in [9.17, 15) is 4.79 Å². The average Bonchev–Trinajstić information content (AvgIpc) is 2.76. The van der Waals surface area contributed by atoms with Gasteiger partial charge in [0.15, 0.2) is 6.61 Å². The third-order valence-corrected chi connectivity index (χ3v) is 4.93. The number of nitrogens with one attached hydrogen (secondary N) is 1. The zero-order valence-electron chi connectivity index (χ0n) is 18.6. The molecule has 0 aliphatic carbocycles. The number of anilines is 1. The number of hydrogen-bond acceptors (Lipinski definition) is 3. The molecule has 162 valence electrons. The zero-order chi connectivity index (χ0) is 22.1. The predicted octanol–water partition coefficient (Wildman–Crippen LogP) is 6.01. The number of aryl methyl sites for hydroxylation is 1. The molecule has 0 aliphatic heterocycles. The Labute approximate surface area is 185 Å². The Morgan fingerprint density at radius 2 is 1.58 bits per heavy atom. The van der Waals surface area contributed by atoms with Crippen LogP contribution in [0, 0.1) is 0 Å². The number of amides is 1. The highest BCUT2D eigenvalue weighted by atomic mass is 16.5. The van der Waals surface area contributed by atoms with Crippen LogP contribution in [0.25, 0.3) is 0 Å². The first-order valence-electron chi connectivity index (χ1n) is 10.7. The van der Waals surface area contributed by atoms with Crippen molar-refractivity contribution >= 4 is 11.6 Å². The Morgan fingerprint density at radius 1 is 0.839 bits per heavy atom. The van der Waals surface area contributed by atoms with Crippen molar-refractivity contribution in [1.82, 2.24) is 0 Å². The lowest BCUT2D eigenvalue weighted by atomic mass is 9.87. The summed E-state index contributed by atoms with van der Waals surface area (Å²) < 4.78 is 11.5. The lowest BCUT2D eigenvalue weighted by molar-refractivity contribution is -0.118. The van der Waals surface area contributed by atoms with E-state index in [1.54, 1.807) is 0 Å². The van der Waals surface area contributed by atoms with Crippen molar-refractivity contribution in [2.75, 3.05) is 18.5 Å². The van der Waals surface area contributed by atoms with Crippen LogP contribution in [0.5, 0.6) is 11.5 Å². The largest absolute Gasteiger partial charge is 0.494 e. The fourth-order valence-corrected chi connectivity index (χ4v) is 3.17. The van der Waals surface area contributed by atoms with Gasteiger partial charge in [0.05, 0.1) is 6.61 Å². The van der Waals surface area contributed by atoms with E-state index in [0.29, 0.717) is 18.0 Å². The first-order chi connectivity index (χ1) is 14.9. The Balaban J connectivity index is 1.42. The van der Waals surface area contributed by atoms with Crippen molar-refractivity contribution in [3.05, 3.63) is 90.0 Å². The first-order valence-corrected chi connectivity index (χ1v) is 10.7. The summed E-state index contributed by atoms with van der Waals surface area (Å²) in [7, 11) is 0. The van der Waals surface area contributed by atoms with Gasteiger partial charge in [0.2, 0.25) is 0 Å². The molecule has 0 fully saturated rings. The van der Waals surface area contributed by atoms with E-state index in [4.69, 9.17) is 9.47 Å². The average molecular weight is 418 g/mol. The summed E-state index contributed by atoms with van der Waals surface area (Å²) in [5, 5.41) is 2.86. The van der Waals surface area contributed by atoms with Gasteiger partial charge in [-0.1, -0.05) is 69.3 Å². The molecule has 0 saturated heterocycles. The highest BCUT2D eigenvalue weighted by Crippen LogP contribution is 2.24. The molecule has 1 N–H and O–H groups in total. The molecule has 4 nitrogen and oxygen atoms in total. The summed E-state index contributed by atoms with van der Waals surface area (Å²) in [6.07, 6.45) is 1.91. The maximum absolute atomic E-state index is 12.3. The zero-order valence-corrected chi connectivity index (χ0v) is 18.6. The highest BCUT2D eigenvalue weighted by Gasteiger charge is 2.13. The van der Waals surface area contributed by atoms with Crippen LogP contribution >= 0.6 is 0 Å². The van der Waals surface area contributed by atoms with Crippen LogP contribution in [0.1, 0.15) is 38.3 Å². The molecular weight excluding hydrogens is 386 g/mol. The topological polar surface area (TPSA) is 47.6 Å². The van der Waals surface area contributed by atoms with Crippen LogP contribution in [0.3, 0.4) is 0 Å². The van der Waals surface area contributed by atoms with E-state index in [0.717, 1.165) is 18.6 Å². The quantitative estimate of drug-likeness (QED) is 0.434. The van der Waals surface area contributed by atoms with Crippen molar-refractivity contribution in [3.8, 4) is 11.5 Å². The van der Waals surface area contributed by atoms with Crippen LogP contribution in [-0.2, 0) is 16.6 Å². The monoisotopic (exact) mass is 417 g/mol. The number of carbonyl (C=O) groups excluding carboxylic acids is 1. The van der Waals surface area contributed by atoms with Gasteiger partial charge in [-0.15, -0.1) is 0 Å². The molecule has 0 saturated carbocycles. The number of rotatable bonds is 9. The van der Waals surface area contributed by atoms with Gasteiger partial charge >= 0.3 is 0 Å². The van der Waals surface area contributed by atoms with E-state index in [-0.39, 0.29) is 17.9 Å². The van der Waals surface area contributed by atoms with Crippen LogP contribution in [-0.4, -0.2) is 19.1 Å². The fraction of sp³-hybridized carbons (Fsp3) is 0.296. The summed E-state index contributed by atoms with van der Waals surface area (Å²) >= 11 is 0. The molecule has 0 aliphatic rings. The minimum absolute atomic E-state index is 0.0446. The summed E-state index contributed by atoms with van der Waals surface area (Å²) in [6.45, 7) is 7.07. The SMILES string of the molecule is CC(C)(C)c1ccc(OCC(=O)Nc2cccc(OCCCc3ccccc3)c2)cc1. The van der Waals surface area contributed by atoms with Gasteiger partial charge in [0.1, 0.15) is 11.5 Å². The summed E-state index contributed by atoms with van der Waals surface area (Å²) in [5.74, 6) is 1.21. The van der Waals surface area contributed by atoms with E-state index in [1.165, 1.54) is 11.1 Å². The third kappa shape index (κ3) is 7.49. The smallest absolute Gasteiger partial charge is 0.262 e. The molecule has 0 atom stereocenters. The number of ether oxygens (including phenoxy) is 2. The van der Waals surface area contributed by atoms with Gasteiger partial charge < -0.3 is 14.8 Å². The maximum Gasteiger partial charge on any atom is 0.262 e. The van der Waals surface area contributed by atoms with E-state index in [2.05, 4.69) is 38.2 Å². The summed E-state index contributed by atoms with van der Waals surface area (Å²) in [5.41, 5.74) is 3.31.